The Balaban J connectivity index is 2.10. The average Bonchev–Trinajstić information content (AvgIpc) is 2.46. The summed E-state index contributed by atoms with van der Waals surface area (Å²) in [5.74, 6) is -0.399. The smallest absolute Gasteiger partial charge is 0.423 e. The van der Waals surface area contributed by atoms with Gasteiger partial charge in [0.1, 0.15) is 11.6 Å². The van der Waals surface area contributed by atoms with Gasteiger partial charge in [-0.3, -0.25) is 0 Å². The minimum Gasteiger partial charge on any atom is -0.423 e. The molecule has 1 aromatic heterocycles. The third-order valence-corrected chi connectivity index (χ3v) is 3.57. The maximum Gasteiger partial charge on any atom is 0.491 e. The summed E-state index contributed by atoms with van der Waals surface area (Å²) in [5.41, 5.74) is 6.90. The number of fused-ring (bicyclic) bond motifs is 1. The molecule has 0 atom stereocenters. The zero-order valence-corrected chi connectivity index (χ0v) is 11.3. The number of benzene rings is 1. The van der Waals surface area contributed by atoms with Gasteiger partial charge in [0.05, 0.1) is 24.4 Å². The van der Waals surface area contributed by atoms with E-state index in [-0.39, 0.29) is 5.46 Å². The van der Waals surface area contributed by atoms with E-state index in [1.807, 2.05) is 4.90 Å². The highest BCUT2D eigenvalue weighted by atomic mass is 19.1. The normalized spacial score (nSPS) is 15.5. The SMILES string of the molecule is Nc1nc2cc(F)c(B(O)O)cc2cc1N1CCOCC1. The lowest BCUT2D eigenvalue weighted by molar-refractivity contribution is 0.123. The lowest BCUT2D eigenvalue weighted by Gasteiger charge is -2.29. The number of rotatable bonds is 2. The van der Waals surface area contributed by atoms with E-state index in [9.17, 15) is 14.4 Å². The van der Waals surface area contributed by atoms with Gasteiger partial charge >= 0.3 is 7.12 Å². The number of anilines is 2. The molecule has 0 bridgehead atoms. The third-order valence-electron chi connectivity index (χ3n) is 3.57. The Bertz CT molecular complexity index is 677. The van der Waals surface area contributed by atoms with Crippen LogP contribution in [0.3, 0.4) is 0 Å². The van der Waals surface area contributed by atoms with Crippen molar-refractivity contribution in [2.24, 2.45) is 0 Å². The van der Waals surface area contributed by atoms with E-state index in [1.165, 1.54) is 6.07 Å². The van der Waals surface area contributed by atoms with Crippen molar-refractivity contribution in [3.05, 3.63) is 24.0 Å². The molecule has 0 aliphatic carbocycles. The van der Waals surface area contributed by atoms with Crippen molar-refractivity contribution >= 4 is 35.0 Å². The fourth-order valence-corrected chi connectivity index (χ4v) is 2.47. The Hall–Kier alpha value is -1.90. The summed E-state index contributed by atoms with van der Waals surface area (Å²) in [6.45, 7) is 2.63. The molecular weight excluding hydrogens is 276 g/mol. The van der Waals surface area contributed by atoms with Crippen molar-refractivity contribution in [3.8, 4) is 0 Å². The second-order valence-corrected chi connectivity index (χ2v) is 4.93. The summed E-state index contributed by atoms with van der Waals surface area (Å²) in [4.78, 5) is 6.25. The lowest BCUT2D eigenvalue weighted by Crippen LogP contribution is -2.37. The summed E-state index contributed by atoms with van der Waals surface area (Å²) >= 11 is 0. The maximum absolute atomic E-state index is 13.7. The summed E-state index contributed by atoms with van der Waals surface area (Å²) in [6.07, 6.45) is 0. The molecule has 4 N–H and O–H groups in total. The number of ether oxygens (including phenoxy) is 1. The number of nitrogens with two attached hydrogens (primary N) is 1. The fourth-order valence-electron chi connectivity index (χ4n) is 2.47. The van der Waals surface area contributed by atoms with Crippen LogP contribution in [0.2, 0.25) is 0 Å². The Labute approximate surface area is 121 Å². The molecule has 0 radical (unpaired) electrons. The van der Waals surface area contributed by atoms with Gasteiger partial charge in [0.25, 0.3) is 0 Å². The number of hydrogen-bond acceptors (Lipinski definition) is 6. The summed E-state index contributed by atoms with van der Waals surface area (Å²) in [5, 5.41) is 19.0. The topological polar surface area (TPSA) is 91.8 Å². The fraction of sp³-hybridized carbons (Fsp3) is 0.308. The highest BCUT2D eigenvalue weighted by Crippen LogP contribution is 2.27. The van der Waals surface area contributed by atoms with Crippen LogP contribution in [0, 0.1) is 5.82 Å². The molecule has 2 aromatic rings. The van der Waals surface area contributed by atoms with Crippen molar-refractivity contribution in [1.29, 1.82) is 0 Å². The molecule has 0 spiro atoms. The molecule has 1 aromatic carbocycles. The van der Waals surface area contributed by atoms with Crippen molar-refractivity contribution in [2.75, 3.05) is 36.9 Å². The van der Waals surface area contributed by atoms with Crippen LogP contribution in [0.4, 0.5) is 15.9 Å². The molecule has 1 fully saturated rings. The first-order valence-electron chi connectivity index (χ1n) is 6.65. The molecule has 0 unspecified atom stereocenters. The summed E-state index contributed by atoms with van der Waals surface area (Å²) in [6, 6.07) is 4.32. The van der Waals surface area contributed by atoms with E-state index in [4.69, 9.17) is 10.5 Å². The number of morpholine rings is 1. The van der Waals surface area contributed by atoms with Crippen LogP contribution in [0.5, 0.6) is 0 Å². The zero-order valence-electron chi connectivity index (χ0n) is 11.3. The molecule has 3 rings (SSSR count). The van der Waals surface area contributed by atoms with Crippen molar-refractivity contribution in [2.45, 2.75) is 0 Å². The molecule has 110 valence electrons. The minimum absolute atomic E-state index is 0.179. The van der Waals surface area contributed by atoms with E-state index in [1.54, 1.807) is 6.07 Å². The molecule has 0 amide bonds. The van der Waals surface area contributed by atoms with Gasteiger partial charge in [-0.15, -0.1) is 0 Å². The third kappa shape index (κ3) is 2.65. The first-order valence-corrected chi connectivity index (χ1v) is 6.65. The van der Waals surface area contributed by atoms with Crippen LogP contribution < -0.4 is 16.1 Å². The van der Waals surface area contributed by atoms with E-state index < -0.39 is 12.9 Å². The quantitative estimate of drug-likeness (QED) is 0.644. The van der Waals surface area contributed by atoms with Crippen LogP contribution in [-0.4, -0.2) is 48.5 Å². The van der Waals surface area contributed by atoms with Gasteiger partial charge in [-0.25, -0.2) is 9.37 Å². The van der Waals surface area contributed by atoms with Gasteiger partial charge in [0.15, 0.2) is 0 Å². The van der Waals surface area contributed by atoms with E-state index >= 15 is 0 Å². The van der Waals surface area contributed by atoms with Crippen molar-refractivity contribution in [3.63, 3.8) is 0 Å². The predicted molar refractivity (Wildman–Crippen MR) is 79.0 cm³/mol. The van der Waals surface area contributed by atoms with Crippen LogP contribution in [0.1, 0.15) is 0 Å². The first kappa shape index (κ1) is 14.1. The van der Waals surface area contributed by atoms with Gasteiger partial charge in [-0.05, 0) is 12.1 Å². The molecule has 8 heteroatoms. The van der Waals surface area contributed by atoms with Crippen LogP contribution in [-0.2, 0) is 4.74 Å². The molecule has 1 aliphatic rings. The lowest BCUT2D eigenvalue weighted by atomic mass is 9.79. The van der Waals surface area contributed by atoms with Gasteiger partial charge in [0, 0.05) is 23.9 Å². The molecule has 1 aliphatic heterocycles. The monoisotopic (exact) mass is 291 g/mol. The molecular formula is C13H15BFN3O3. The number of hydrogen-bond donors (Lipinski definition) is 3. The standard InChI is InChI=1S/C13H15BFN3O3/c15-10-7-11-8(5-9(10)14(19)20)6-12(13(16)17-11)18-1-3-21-4-2-18/h5-7,19-20H,1-4H2,(H2,16,17). The van der Waals surface area contributed by atoms with Gasteiger partial charge in [-0.1, -0.05) is 6.07 Å². The zero-order chi connectivity index (χ0) is 15.0. The van der Waals surface area contributed by atoms with Crippen LogP contribution in [0.25, 0.3) is 10.9 Å². The van der Waals surface area contributed by atoms with Crippen molar-refractivity contribution < 1.29 is 19.2 Å². The molecule has 6 nitrogen and oxygen atoms in total. The van der Waals surface area contributed by atoms with Crippen LogP contribution in [0.15, 0.2) is 18.2 Å². The van der Waals surface area contributed by atoms with Crippen molar-refractivity contribution in [1.82, 2.24) is 4.98 Å². The number of nitrogens with zero attached hydrogens (tertiary/aromatic N) is 2. The van der Waals surface area contributed by atoms with Gasteiger partial charge in [0.2, 0.25) is 0 Å². The number of pyridine rings is 1. The Morgan fingerprint density at radius 2 is 1.95 bits per heavy atom. The number of halogens is 1. The molecule has 0 saturated carbocycles. The van der Waals surface area contributed by atoms with E-state index in [0.717, 1.165) is 11.8 Å². The minimum atomic E-state index is -1.86. The summed E-state index contributed by atoms with van der Waals surface area (Å²) < 4.78 is 19.0. The maximum atomic E-state index is 13.7. The largest absolute Gasteiger partial charge is 0.491 e. The highest BCUT2D eigenvalue weighted by Gasteiger charge is 2.20. The molecule has 21 heavy (non-hydrogen) atoms. The van der Waals surface area contributed by atoms with Crippen LogP contribution >= 0.6 is 0 Å². The Morgan fingerprint density at radius 1 is 1.24 bits per heavy atom. The van der Waals surface area contributed by atoms with Gasteiger partial charge in [-0.2, -0.15) is 0 Å². The highest BCUT2D eigenvalue weighted by molar-refractivity contribution is 6.59. The van der Waals surface area contributed by atoms with E-state index in [2.05, 4.69) is 4.98 Å². The number of nitrogen functional groups attached to an aromatic ring is 1. The summed E-state index contributed by atoms with van der Waals surface area (Å²) in [7, 11) is -1.86. The van der Waals surface area contributed by atoms with Gasteiger partial charge < -0.3 is 25.4 Å². The molecule has 1 saturated heterocycles. The Kier molecular flexibility index (Phi) is 3.67. The number of aromatic nitrogens is 1. The second kappa shape index (κ2) is 5.47. The average molecular weight is 291 g/mol. The molecule has 2 heterocycles. The Morgan fingerprint density at radius 3 is 2.62 bits per heavy atom. The second-order valence-electron chi connectivity index (χ2n) is 4.93. The predicted octanol–water partition coefficient (Wildman–Crippen LogP) is -0.528. The van der Waals surface area contributed by atoms with E-state index in [0.29, 0.717) is 43.0 Å². The first-order chi connectivity index (χ1) is 10.1.